The zero-order chi connectivity index (χ0) is 110. The van der Waals surface area contributed by atoms with E-state index in [2.05, 4.69) is 370 Å². The van der Waals surface area contributed by atoms with E-state index in [-0.39, 0.29) is 71.2 Å². The summed E-state index contributed by atoms with van der Waals surface area (Å²) in [6.45, 7) is 77.7. The average Bonchev–Trinajstić information content (AvgIpc) is 1.60. The number of furan rings is 1. The van der Waals surface area contributed by atoms with Crippen LogP contribution in [-0.4, -0.2) is 178 Å². The zero-order valence-electron chi connectivity index (χ0n) is 96.9. The van der Waals surface area contributed by atoms with Crippen molar-refractivity contribution in [3.05, 3.63) is 153 Å². The first kappa shape index (κ1) is 120. The van der Waals surface area contributed by atoms with Gasteiger partial charge in [-0.15, -0.1) is 82.7 Å². The van der Waals surface area contributed by atoms with Crippen molar-refractivity contribution in [1.29, 1.82) is 0 Å². The van der Waals surface area contributed by atoms with E-state index < -0.39 is 0 Å². The van der Waals surface area contributed by atoms with Crippen molar-refractivity contribution in [3.63, 3.8) is 0 Å². The number of aromatic hydroxyl groups is 1. The number of tetrazole rings is 2. The molecular weight excluding hydrogens is 1910 g/mol. The minimum Gasteiger partial charge on any atom is -0.508 e. The van der Waals surface area contributed by atoms with Crippen molar-refractivity contribution in [2.24, 2.45) is 45.3 Å². The Morgan fingerprint density at radius 1 is 0.510 bits per heavy atom. The van der Waals surface area contributed by atoms with Crippen molar-refractivity contribution in [2.45, 2.75) is 450 Å². The summed E-state index contributed by atoms with van der Waals surface area (Å²) in [6.07, 6.45) is 30.1. The van der Waals surface area contributed by atoms with E-state index in [1.807, 2.05) is 88.4 Å². The normalized spacial score (nSPS) is 16.3. The molecule has 1 amide bonds. The lowest BCUT2D eigenvalue weighted by atomic mass is 9.87. The summed E-state index contributed by atoms with van der Waals surface area (Å²) in [5.74, 6) is 11.2. The number of benzene rings is 2. The molecule has 1 N–H and O–H groups in total. The quantitative estimate of drug-likeness (QED) is 0.106. The minimum atomic E-state index is -0.127. The summed E-state index contributed by atoms with van der Waals surface area (Å²) in [5, 5.41) is 103. The Kier molecular flexibility index (Phi) is 40.0. The van der Waals surface area contributed by atoms with E-state index in [4.69, 9.17) is 13.6 Å². The maximum absolute atomic E-state index is 11.9. The van der Waals surface area contributed by atoms with Crippen LogP contribution < -0.4 is 4.90 Å². The molecule has 37 heteroatoms. The predicted octanol–water partition coefficient (Wildman–Crippen LogP) is 25.3. The molecule has 6 fully saturated rings. The molecule has 8 aliphatic rings. The number of carbonyl (C=O) groups is 1. The Morgan fingerprint density at radius 3 is 1.54 bits per heavy atom. The van der Waals surface area contributed by atoms with Crippen molar-refractivity contribution in [3.8, 4) is 34.5 Å². The molecule has 10 aromatic heterocycles. The Hall–Kier alpha value is -11.3. The number of nitrogens with zero attached hydrogens (tertiary/aromatic N) is 30. The van der Waals surface area contributed by atoms with E-state index in [1.54, 1.807) is 70.0 Å². The van der Waals surface area contributed by atoms with Gasteiger partial charge in [-0.25, -0.2) is 9.67 Å². The van der Waals surface area contributed by atoms with Gasteiger partial charge in [0.25, 0.3) is 5.89 Å². The van der Waals surface area contributed by atoms with E-state index >= 15 is 0 Å². The first-order chi connectivity index (χ1) is 69.4. The van der Waals surface area contributed by atoms with Crippen LogP contribution in [0.1, 0.15) is 443 Å². The predicted molar refractivity (Wildman–Crippen MR) is 597 cm³/mol. The molecule has 2 aromatic carbocycles. The lowest BCUT2D eigenvalue weighted by molar-refractivity contribution is -0.118. The van der Waals surface area contributed by atoms with E-state index in [0.29, 0.717) is 60.2 Å². The molecule has 1 unspecified atom stereocenters. The van der Waals surface area contributed by atoms with Gasteiger partial charge in [-0.2, -0.15) is 25.1 Å². The monoisotopic (exact) mass is 2080 g/mol. The Bertz CT molecular complexity index is 6240. The van der Waals surface area contributed by atoms with Crippen LogP contribution in [0.25, 0.3) is 28.7 Å². The van der Waals surface area contributed by atoms with Crippen LogP contribution in [0.3, 0.4) is 0 Å². The Balaban J connectivity index is 0.000000168. The molecule has 5 aliphatic carbocycles. The number of imidazole rings is 1. The molecule has 35 nitrogen and oxygen atoms in total. The van der Waals surface area contributed by atoms with Crippen LogP contribution >= 0.6 is 22.7 Å². The molecule has 0 bridgehead atoms. The van der Waals surface area contributed by atoms with Crippen molar-refractivity contribution in [1.82, 2.24) is 125 Å². The molecule has 1 saturated heterocycles. The number of rotatable bonds is 14. The third-order valence-corrected chi connectivity index (χ3v) is 27.6. The van der Waals surface area contributed by atoms with Crippen molar-refractivity contribution in [2.75, 3.05) is 11.5 Å². The highest BCUT2D eigenvalue weighted by Gasteiger charge is 2.41. The van der Waals surface area contributed by atoms with Gasteiger partial charge < -0.3 is 36.9 Å². The van der Waals surface area contributed by atoms with Crippen LogP contribution in [0.4, 0.5) is 5.13 Å². The van der Waals surface area contributed by atoms with Crippen LogP contribution in [-0.2, 0) is 78.8 Å². The molecule has 13 heterocycles. The fourth-order valence-electron chi connectivity index (χ4n) is 15.5. The number of amides is 1. The fourth-order valence-corrected chi connectivity index (χ4v) is 17.4. The maximum Gasteiger partial charge on any atom is 0.283 e. The van der Waals surface area contributed by atoms with Gasteiger partial charge in [0.15, 0.2) is 23.2 Å². The second kappa shape index (κ2) is 49.8. The molecule has 20 rings (SSSR count). The largest absolute Gasteiger partial charge is 0.508 e. The number of phenolic OH excluding ortho intramolecular Hbond substituents is 1. The van der Waals surface area contributed by atoms with Gasteiger partial charge in [-0.3, -0.25) is 9.69 Å². The molecule has 3 aliphatic heterocycles. The number of phenols is 1. The number of aryl methyl sites for hydroxylation is 3. The van der Waals surface area contributed by atoms with E-state index in [0.717, 1.165) is 118 Å². The van der Waals surface area contributed by atoms with Gasteiger partial charge in [0.05, 0.1) is 35.5 Å². The van der Waals surface area contributed by atoms with Crippen molar-refractivity contribution >= 4 is 57.1 Å². The third kappa shape index (κ3) is 35.9. The average molecular weight is 2080 g/mol. The van der Waals surface area contributed by atoms with Crippen LogP contribution in [0.15, 0.2) is 115 Å². The van der Waals surface area contributed by atoms with Crippen LogP contribution in [0, 0.1) is 17.8 Å². The zero-order valence-corrected chi connectivity index (χ0v) is 98.5. The molecule has 0 spiro atoms. The summed E-state index contributed by atoms with van der Waals surface area (Å²) in [7, 11) is 4.05. The number of hydrogen-bond donors (Lipinski definition) is 1. The molecule has 1 atom stereocenters. The lowest BCUT2D eigenvalue weighted by Gasteiger charge is -2.19. The highest BCUT2D eigenvalue weighted by molar-refractivity contribution is 7.15. The standard InChI is InChI=1S/C14H19N3.C12H19N3OS.C12H19N3.C12H20N2OS.C11H14N4O.C10H12N2O2.C9H15N3.C9H16N2.C8H14N4.C8H14N2.C7H12N2/c1-10-8-6-7-9-11(10)12-15-16-13(17(12)5)14(2,3)4;1-5-9(16)15(8-6-7-8)11-14-13-10(17-11)12(2,3)4;1-12(2,3)11-14-13-10(8-4-5-8)15(11)9-6-7-9;1-12(2,3)11-14-13-10(16-11)7-6-9-5-4-8-15-9;1-11(2,3)10-12-13-14-15(10)8-4-6-9(16)7-5-8;1-10(2,3)9-12-11-8(14-9)7-5-4-6-13-7;1-9(2,3)8-11-10-6-12(8)7-4-5-7;1-5-7-6-8(11-10-7)9(2,3)4;1-8(2,3)7-9-10-11-12(7)6-4-5-6;1-8(2,3)7-9-5-6-10(7)4;1-7(2,3)6-4-5-8-9-6/h6-9H,1-5H3;8H,5-7H2,1-4H3;8-9H,4-7H2,1-3H3;9H,4-8H2,1-3H3;4-7,16H,1-3H3;4-6H,1-3H3;6-7H,4-5H2,1-3H3;5-6H2,1-4H3;6H,4-5H2,1-3H3;5-6H,1-4H3;5H,4H2,1-3H3. The number of aromatic nitrogens is 25. The first-order valence-corrected chi connectivity index (χ1v) is 54.8. The van der Waals surface area contributed by atoms with Crippen LogP contribution in [0.2, 0.25) is 0 Å². The summed E-state index contributed by atoms with van der Waals surface area (Å²) in [6, 6.07) is 21.0. The summed E-state index contributed by atoms with van der Waals surface area (Å²) in [4.78, 5) is 18.0. The minimum absolute atomic E-state index is 0.000397. The van der Waals surface area contributed by atoms with Crippen LogP contribution in [0.5, 0.6) is 5.75 Å². The highest BCUT2D eigenvalue weighted by atomic mass is 32.1. The van der Waals surface area contributed by atoms with E-state index in [9.17, 15) is 9.90 Å². The topological polar surface area (TPSA) is 400 Å². The third-order valence-electron chi connectivity index (χ3n) is 24.9. The molecule has 12 aromatic rings. The number of anilines is 1. The second-order valence-electron chi connectivity index (χ2n) is 51.1. The van der Waals surface area contributed by atoms with Gasteiger partial charge in [0.2, 0.25) is 16.9 Å². The second-order valence-corrected chi connectivity index (χ2v) is 53.1. The Morgan fingerprint density at radius 2 is 1.09 bits per heavy atom. The molecule has 0 radical (unpaired) electrons. The number of carbonyl (C=O) groups excluding carboxylic acids is 1. The maximum atomic E-state index is 11.9. The molecule has 149 heavy (non-hydrogen) atoms. The smallest absolute Gasteiger partial charge is 0.283 e. The van der Waals surface area contributed by atoms with Gasteiger partial charge in [-0.1, -0.05) is 278 Å². The lowest BCUT2D eigenvalue weighted by Crippen LogP contribution is -2.32. The van der Waals surface area contributed by atoms with Gasteiger partial charge in [0.1, 0.15) is 56.2 Å². The van der Waals surface area contributed by atoms with E-state index in [1.165, 1.54) is 98.6 Å². The van der Waals surface area contributed by atoms with Gasteiger partial charge >= 0.3 is 0 Å². The first-order valence-electron chi connectivity index (χ1n) is 53.2. The van der Waals surface area contributed by atoms with Gasteiger partial charge in [0, 0.05) is 160 Å². The molecule has 814 valence electrons. The van der Waals surface area contributed by atoms with Gasteiger partial charge in [-0.05, 0) is 160 Å². The molecule has 5 saturated carbocycles. The number of ether oxygens (including phenoxy) is 1. The van der Waals surface area contributed by atoms with Crippen molar-refractivity contribution < 1.29 is 23.5 Å². The summed E-state index contributed by atoms with van der Waals surface area (Å²) >= 11 is 3.29. The summed E-state index contributed by atoms with van der Waals surface area (Å²) < 4.78 is 28.7. The molecular formula is C112H174N30O5S2. The highest BCUT2D eigenvalue weighted by Crippen LogP contribution is 2.47. The number of hydrogen-bond acceptors (Lipinski definition) is 30. The fraction of sp³-hybridized carbons (Fsp3) is 0.661. The SMILES string of the molecule is CC(C)(C)C1=NN=CC1.CC(C)(C)c1nnc(-c2ccco2)o1.CC(C)(C)c1nnc(C2CC2)n1C1CC1.CC(C)(C)c1nnc(CCC2CCCO2)s1.CC(C)(C)c1nncn1C1CC1.CC(C)(C)c1nnnn1-c1ccc(O)cc1.CC(C)(C)c1nnnn1C1CC1.CCC(=O)N(c1nnc(C(C)(C)C)s1)C1CC1.CCC1=NN=C(C(C)(C)C)C1.Cc1ccccc1-c1nnc(C(C)(C)C)n1C.Cn1ccnc1C(C)(C)C. The Labute approximate surface area is 893 Å². The summed E-state index contributed by atoms with van der Waals surface area (Å²) in [5.41, 5.74) is 7.60.